The number of rotatable bonds is 5. The molecule has 0 saturated heterocycles. The number of aryl methyl sites for hydroxylation is 1. The molecule has 0 aliphatic carbocycles. The molecule has 0 amide bonds. The van der Waals surface area contributed by atoms with E-state index in [1.165, 1.54) is 7.11 Å². The van der Waals surface area contributed by atoms with Gasteiger partial charge in [-0.15, -0.1) is 0 Å². The Hall–Kier alpha value is -2.66. The molecule has 6 heteroatoms. The molecule has 1 N–H and O–H groups in total. The molecule has 1 aromatic carbocycles. The Kier molecular flexibility index (Phi) is 4.86. The van der Waals surface area contributed by atoms with Crippen molar-refractivity contribution in [2.75, 3.05) is 7.11 Å². The summed E-state index contributed by atoms with van der Waals surface area (Å²) in [5.74, 6) is -0.688. The van der Waals surface area contributed by atoms with Crippen molar-refractivity contribution in [1.82, 2.24) is 9.97 Å². The van der Waals surface area contributed by atoms with Crippen LogP contribution in [0.4, 0.5) is 0 Å². The fourth-order valence-corrected chi connectivity index (χ4v) is 2.93. The fraction of sp³-hybridized carbons (Fsp3) is 0.211. The second-order valence-corrected chi connectivity index (χ2v) is 6.09. The summed E-state index contributed by atoms with van der Waals surface area (Å²) in [5.41, 5.74) is 3.00. The Bertz CT molecular complexity index is 962. The number of ketones is 1. The molecule has 0 saturated carbocycles. The van der Waals surface area contributed by atoms with Crippen LogP contribution in [0.25, 0.3) is 10.9 Å². The minimum absolute atomic E-state index is 0.0224. The maximum Gasteiger partial charge on any atom is 0.310 e. The number of halogens is 1. The van der Waals surface area contributed by atoms with Crippen molar-refractivity contribution in [3.05, 3.63) is 64.1 Å². The number of fused-ring (bicyclic) bond motifs is 1. The number of aromatic amines is 1. The van der Waals surface area contributed by atoms with Gasteiger partial charge < -0.3 is 9.72 Å². The number of nitrogens with zero attached hydrogens (tertiary/aromatic N) is 1. The van der Waals surface area contributed by atoms with Gasteiger partial charge in [-0.25, -0.2) is 0 Å². The van der Waals surface area contributed by atoms with Crippen molar-refractivity contribution in [3.8, 4) is 0 Å². The Morgan fingerprint density at radius 2 is 2.04 bits per heavy atom. The first kappa shape index (κ1) is 17.2. The molecule has 0 aliphatic heterocycles. The van der Waals surface area contributed by atoms with Crippen molar-refractivity contribution in [1.29, 1.82) is 0 Å². The summed E-state index contributed by atoms with van der Waals surface area (Å²) in [6, 6.07) is 8.88. The van der Waals surface area contributed by atoms with E-state index in [9.17, 15) is 9.59 Å². The molecule has 0 spiro atoms. The molecule has 3 aromatic rings. The highest BCUT2D eigenvalue weighted by molar-refractivity contribution is 6.31. The molecule has 128 valence electrons. The van der Waals surface area contributed by atoms with Crippen molar-refractivity contribution in [2.45, 2.75) is 19.8 Å². The van der Waals surface area contributed by atoms with Gasteiger partial charge in [0, 0.05) is 27.7 Å². The zero-order valence-corrected chi connectivity index (χ0v) is 14.7. The zero-order chi connectivity index (χ0) is 18.0. The van der Waals surface area contributed by atoms with Crippen LogP contribution < -0.4 is 0 Å². The average Bonchev–Trinajstić information content (AvgIpc) is 2.98. The van der Waals surface area contributed by atoms with Crippen LogP contribution in [-0.4, -0.2) is 28.8 Å². The summed E-state index contributed by atoms with van der Waals surface area (Å²) in [7, 11) is 1.32. The molecule has 0 unspecified atom stereocenters. The highest BCUT2D eigenvalue weighted by Crippen LogP contribution is 2.28. The lowest BCUT2D eigenvalue weighted by atomic mass is 10.0. The number of ether oxygens (including phenoxy) is 1. The van der Waals surface area contributed by atoms with Gasteiger partial charge in [-0.05, 0) is 42.3 Å². The van der Waals surface area contributed by atoms with Gasteiger partial charge in [-0.3, -0.25) is 14.6 Å². The van der Waals surface area contributed by atoms with Crippen LogP contribution in [0.15, 0.2) is 36.5 Å². The van der Waals surface area contributed by atoms with Gasteiger partial charge in [0.1, 0.15) is 5.69 Å². The minimum atomic E-state index is -0.426. The van der Waals surface area contributed by atoms with E-state index in [1.54, 1.807) is 30.5 Å². The van der Waals surface area contributed by atoms with Crippen LogP contribution in [0.2, 0.25) is 5.02 Å². The van der Waals surface area contributed by atoms with Crippen molar-refractivity contribution in [3.63, 3.8) is 0 Å². The predicted octanol–water partition coefficient (Wildman–Crippen LogP) is 3.73. The Morgan fingerprint density at radius 3 is 2.76 bits per heavy atom. The third-order valence-electron chi connectivity index (χ3n) is 4.11. The fourth-order valence-electron chi connectivity index (χ4n) is 2.76. The lowest BCUT2D eigenvalue weighted by Gasteiger charge is -2.05. The second-order valence-electron chi connectivity index (χ2n) is 5.65. The Morgan fingerprint density at radius 1 is 1.24 bits per heavy atom. The summed E-state index contributed by atoms with van der Waals surface area (Å²) >= 11 is 6.08. The quantitative estimate of drug-likeness (QED) is 0.558. The van der Waals surface area contributed by atoms with E-state index in [2.05, 4.69) is 9.97 Å². The maximum atomic E-state index is 13.0. The van der Waals surface area contributed by atoms with Crippen molar-refractivity contribution in [2.24, 2.45) is 0 Å². The van der Waals surface area contributed by atoms with E-state index in [4.69, 9.17) is 16.3 Å². The third kappa shape index (κ3) is 3.42. The standard InChI is InChI=1S/C19H17ClN2O3/c1-3-11-6-7-21-16(8-11)19(24)18-14(10-17(23)25-2)13-9-12(20)4-5-15(13)22-18/h4-9,22H,3,10H2,1-2H3. The summed E-state index contributed by atoms with van der Waals surface area (Å²) in [5, 5.41) is 1.26. The molecule has 3 rings (SSSR count). The molecular weight excluding hydrogens is 340 g/mol. The number of hydrogen-bond acceptors (Lipinski definition) is 4. The van der Waals surface area contributed by atoms with E-state index < -0.39 is 5.97 Å². The molecule has 0 radical (unpaired) electrons. The van der Waals surface area contributed by atoms with Gasteiger partial charge in [0.25, 0.3) is 0 Å². The normalized spacial score (nSPS) is 10.8. The number of methoxy groups -OCH3 is 1. The van der Waals surface area contributed by atoms with E-state index in [1.807, 2.05) is 13.0 Å². The topological polar surface area (TPSA) is 72.0 Å². The van der Waals surface area contributed by atoms with E-state index >= 15 is 0 Å². The number of carbonyl (C=O) groups is 2. The number of nitrogens with one attached hydrogen (secondary N) is 1. The molecule has 0 atom stereocenters. The number of hydrogen-bond donors (Lipinski definition) is 1. The summed E-state index contributed by atoms with van der Waals surface area (Å²) in [4.78, 5) is 32.1. The first-order valence-corrected chi connectivity index (χ1v) is 8.27. The number of carbonyl (C=O) groups excluding carboxylic acids is 2. The average molecular weight is 357 g/mol. The van der Waals surface area contributed by atoms with E-state index in [0.717, 1.165) is 22.9 Å². The first-order valence-electron chi connectivity index (χ1n) is 7.90. The van der Waals surface area contributed by atoms with Gasteiger partial charge in [-0.2, -0.15) is 0 Å². The Labute approximate surface area is 150 Å². The summed E-state index contributed by atoms with van der Waals surface area (Å²) in [6.45, 7) is 2.01. The maximum absolute atomic E-state index is 13.0. The van der Waals surface area contributed by atoms with Crippen LogP contribution in [-0.2, 0) is 22.4 Å². The highest BCUT2D eigenvalue weighted by Gasteiger charge is 2.22. The lowest BCUT2D eigenvalue weighted by molar-refractivity contribution is -0.139. The summed E-state index contributed by atoms with van der Waals surface area (Å²) < 4.78 is 4.77. The number of esters is 1. The molecule has 2 aromatic heterocycles. The SMILES string of the molecule is CCc1ccnc(C(=O)c2[nH]c3ccc(Cl)cc3c2CC(=O)OC)c1. The summed E-state index contributed by atoms with van der Waals surface area (Å²) in [6.07, 6.45) is 2.40. The highest BCUT2D eigenvalue weighted by atomic mass is 35.5. The molecule has 0 bridgehead atoms. The van der Waals surface area contributed by atoms with Gasteiger partial charge in [0.2, 0.25) is 5.78 Å². The minimum Gasteiger partial charge on any atom is -0.469 e. The molecule has 25 heavy (non-hydrogen) atoms. The van der Waals surface area contributed by atoms with E-state index in [-0.39, 0.29) is 12.2 Å². The van der Waals surface area contributed by atoms with Gasteiger partial charge in [0.15, 0.2) is 0 Å². The number of H-pyrrole nitrogens is 1. The van der Waals surface area contributed by atoms with Crippen LogP contribution >= 0.6 is 11.6 Å². The van der Waals surface area contributed by atoms with Gasteiger partial charge in [0.05, 0.1) is 19.2 Å². The monoisotopic (exact) mass is 356 g/mol. The molecule has 0 fully saturated rings. The molecular formula is C19H17ClN2O3. The van der Waals surface area contributed by atoms with Crippen LogP contribution in [0.1, 0.15) is 34.2 Å². The smallest absolute Gasteiger partial charge is 0.310 e. The van der Waals surface area contributed by atoms with Crippen LogP contribution in [0, 0.1) is 0 Å². The lowest BCUT2D eigenvalue weighted by Crippen LogP contribution is -2.11. The van der Waals surface area contributed by atoms with E-state index in [0.29, 0.717) is 22.0 Å². The Balaban J connectivity index is 2.14. The first-order chi connectivity index (χ1) is 12.0. The second kappa shape index (κ2) is 7.07. The molecule has 5 nitrogen and oxygen atoms in total. The van der Waals surface area contributed by atoms with Crippen molar-refractivity contribution < 1.29 is 14.3 Å². The third-order valence-corrected chi connectivity index (χ3v) is 4.34. The van der Waals surface area contributed by atoms with Gasteiger partial charge in [-0.1, -0.05) is 18.5 Å². The number of pyridine rings is 1. The van der Waals surface area contributed by atoms with Crippen molar-refractivity contribution >= 4 is 34.3 Å². The predicted molar refractivity (Wildman–Crippen MR) is 96.1 cm³/mol. The zero-order valence-electron chi connectivity index (χ0n) is 13.9. The molecule has 2 heterocycles. The number of aromatic nitrogens is 2. The largest absolute Gasteiger partial charge is 0.469 e. The van der Waals surface area contributed by atoms with Crippen LogP contribution in [0.3, 0.4) is 0 Å². The number of benzene rings is 1. The molecule has 0 aliphatic rings. The van der Waals surface area contributed by atoms with Gasteiger partial charge >= 0.3 is 5.97 Å². The van der Waals surface area contributed by atoms with Crippen LogP contribution in [0.5, 0.6) is 0 Å².